The zero-order chi connectivity index (χ0) is 20.6. The van der Waals surface area contributed by atoms with Crippen molar-refractivity contribution in [3.8, 4) is 5.75 Å². The molecule has 0 aliphatic rings. The third-order valence-electron chi connectivity index (χ3n) is 3.76. The fraction of sp³-hybridized carbons (Fsp3) is 0.412. The van der Waals surface area contributed by atoms with Gasteiger partial charge in [-0.1, -0.05) is 12.1 Å². The molecule has 0 unspecified atom stereocenters. The van der Waals surface area contributed by atoms with E-state index in [2.05, 4.69) is 9.71 Å². The molecule has 0 radical (unpaired) electrons. The van der Waals surface area contributed by atoms with Crippen LogP contribution in [0, 0.1) is 0 Å². The Labute approximate surface area is 161 Å². The smallest absolute Gasteiger partial charge is 0.330 e. The number of nitrogens with one attached hydrogen (secondary N) is 2. The van der Waals surface area contributed by atoms with Crippen LogP contribution in [0.25, 0.3) is 0 Å². The summed E-state index contributed by atoms with van der Waals surface area (Å²) in [7, 11) is -3.57. The van der Waals surface area contributed by atoms with Crippen LogP contribution in [0.4, 0.5) is 4.39 Å². The molecule has 11 heteroatoms. The predicted molar refractivity (Wildman–Crippen MR) is 100 cm³/mol. The minimum atomic E-state index is -3.57. The van der Waals surface area contributed by atoms with E-state index in [1.54, 1.807) is 31.2 Å². The Morgan fingerprint density at radius 1 is 1.29 bits per heavy atom. The topological polar surface area (TPSA) is 119 Å². The van der Waals surface area contributed by atoms with Crippen molar-refractivity contribution in [2.45, 2.75) is 26.1 Å². The molecule has 2 N–H and O–H groups in total. The first kappa shape index (κ1) is 21.8. The third kappa shape index (κ3) is 6.91. The van der Waals surface area contributed by atoms with Gasteiger partial charge in [0.05, 0.1) is 5.75 Å². The van der Waals surface area contributed by atoms with Crippen molar-refractivity contribution in [3.05, 3.63) is 62.9 Å². The van der Waals surface area contributed by atoms with Crippen LogP contribution in [0.2, 0.25) is 0 Å². The van der Waals surface area contributed by atoms with Crippen molar-refractivity contribution in [1.29, 1.82) is 0 Å². The summed E-state index contributed by atoms with van der Waals surface area (Å²) >= 11 is 0. The highest BCUT2D eigenvalue weighted by Gasteiger charge is 2.16. The molecular formula is C17H22FN3O6S. The minimum Gasteiger partial charge on any atom is -0.463 e. The molecule has 1 atom stereocenters. The minimum absolute atomic E-state index is 0.0964. The second-order valence-electron chi connectivity index (χ2n) is 5.96. The van der Waals surface area contributed by atoms with E-state index in [9.17, 15) is 22.4 Å². The number of nitrogens with zero attached hydrogens (tertiary/aromatic N) is 1. The summed E-state index contributed by atoms with van der Waals surface area (Å²) in [6.45, 7) is 0.724. The number of halogens is 1. The van der Waals surface area contributed by atoms with Gasteiger partial charge in [-0.05, 0) is 31.0 Å². The van der Waals surface area contributed by atoms with Crippen molar-refractivity contribution in [2.75, 3.05) is 19.2 Å². The van der Waals surface area contributed by atoms with Crippen LogP contribution in [0.5, 0.6) is 5.75 Å². The number of ether oxygens (including phenoxy) is 2. The molecule has 0 spiro atoms. The first-order chi connectivity index (χ1) is 13.3. The molecule has 154 valence electrons. The largest absolute Gasteiger partial charge is 0.463 e. The molecule has 0 aliphatic carbocycles. The van der Waals surface area contributed by atoms with Gasteiger partial charge in [-0.3, -0.25) is 14.3 Å². The van der Waals surface area contributed by atoms with Crippen molar-refractivity contribution in [3.63, 3.8) is 0 Å². The zero-order valence-electron chi connectivity index (χ0n) is 15.3. The quantitative estimate of drug-likeness (QED) is 0.526. The van der Waals surface area contributed by atoms with Gasteiger partial charge in [-0.25, -0.2) is 22.3 Å². The van der Waals surface area contributed by atoms with Crippen molar-refractivity contribution in [1.82, 2.24) is 14.3 Å². The lowest BCUT2D eigenvalue weighted by molar-refractivity contribution is 0.0744. The van der Waals surface area contributed by atoms with E-state index >= 15 is 0 Å². The standard InChI is InChI=1S/C17H22FN3O6S/c1-13(14-4-2-5-15(10-14)27-11-18)20-28(24,25)9-3-8-26-12-21-7-6-16(22)19-17(21)23/h2,4-7,10,13,20H,3,8-9,11-12H2,1H3,(H,19,22,23)/t13-/m1/s1. The van der Waals surface area contributed by atoms with E-state index in [1.165, 1.54) is 12.3 Å². The Hall–Kier alpha value is -2.50. The molecule has 9 nitrogen and oxygen atoms in total. The lowest BCUT2D eigenvalue weighted by Gasteiger charge is -2.15. The highest BCUT2D eigenvalue weighted by atomic mass is 32.2. The highest BCUT2D eigenvalue weighted by Crippen LogP contribution is 2.20. The van der Waals surface area contributed by atoms with Crippen molar-refractivity contribution in [2.24, 2.45) is 0 Å². The molecule has 1 aromatic heterocycles. The molecule has 0 aliphatic heterocycles. The summed E-state index contributed by atoms with van der Waals surface area (Å²) in [5.74, 6) is 0.148. The number of sulfonamides is 1. The number of hydrogen-bond donors (Lipinski definition) is 2. The van der Waals surface area contributed by atoms with E-state index in [0.29, 0.717) is 11.3 Å². The summed E-state index contributed by atoms with van der Waals surface area (Å²) < 4.78 is 50.4. The lowest BCUT2D eigenvalue weighted by Crippen LogP contribution is -2.30. The molecule has 0 saturated heterocycles. The van der Waals surface area contributed by atoms with Crippen LogP contribution >= 0.6 is 0 Å². The van der Waals surface area contributed by atoms with E-state index in [-0.39, 0.29) is 25.5 Å². The van der Waals surface area contributed by atoms with E-state index in [0.717, 1.165) is 4.57 Å². The number of alkyl halides is 1. The van der Waals surface area contributed by atoms with Crippen LogP contribution in [0.15, 0.2) is 46.1 Å². The van der Waals surface area contributed by atoms with Gasteiger partial charge in [0, 0.05) is 24.9 Å². The monoisotopic (exact) mass is 415 g/mol. The Morgan fingerprint density at radius 3 is 2.79 bits per heavy atom. The number of hydrogen-bond acceptors (Lipinski definition) is 6. The van der Waals surface area contributed by atoms with E-state index in [4.69, 9.17) is 9.47 Å². The Kier molecular flexibility index (Phi) is 7.91. The predicted octanol–water partition coefficient (Wildman–Crippen LogP) is 0.887. The first-order valence-electron chi connectivity index (χ1n) is 8.47. The third-order valence-corrected chi connectivity index (χ3v) is 5.30. The van der Waals surface area contributed by atoms with Crippen molar-refractivity contribution >= 4 is 10.0 Å². The van der Waals surface area contributed by atoms with Crippen LogP contribution in [0.1, 0.15) is 24.9 Å². The molecule has 1 heterocycles. The molecule has 2 aromatic rings. The number of aromatic nitrogens is 2. The molecule has 1 aromatic carbocycles. The fourth-order valence-electron chi connectivity index (χ4n) is 2.39. The average Bonchev–Trinajstić information content (AvgIpc) is 2.63. The highest BCUT2D eigenvalue weighted by molar-refractivity contribution is 7.89. The summed E-state index contributed by atoms with van der Waals surface area (Å²) in [6, 6.07) is 7.18. The number of benzene rings is 1. The van der Waals surface area contributed by atoms with Crippen LogP contribution in [0.3, 0.4) is 0 Å². The van der Waals surface area contributed by atoms with Gasteiger partial charge >= 0.3 is 5.69 Å². The first-order valence-corrected chi connectivity index (χ1v) is 10.1. The van der Waals surface area contributed by atoms with Crippen molar-refractivity contribution < 1.29 is 22.3 Å². The molecular weight excluding hydrogens is 393 g/mol. The van der Waals surface area contributed by atoms with E-state index in [1.807, 2.05) is 0 Å². The van der Waals surface area contributed by atoms with Gasteiger partial charge in [-0.2, -0.15) is 0 Å². The van der Waals surface area contributed by atoms with Gasteiger partial charge < -0.3 is 9.47 Å². The maximum absolute atomic E-state index is 12.3. The van der Waals surface area contributed by atoms with Gasteiger partial charge in [0.1, 0.15) is 12.5 Å². The SMILES string of the molecule is C[C@@H](NS(=O)(=O)CCCOCn1ccc(=O)[nH]c1=O)c1cccc(OCF)c1. The Bertz CT molecular complexity index is 989. The second kappa shape index (κ2) is 10.2. The Balaban J connectivity index is 1.79. The summed E-state index contributed by atoms with van der Waals surface area (Å²) in [5, 5.41) is 0. The zero-order valence-corrected chi connectivity index (χ0v) is 16.1. The lowest BCUT2D eigenvalue weighted by atomic mass is 10.1. The van der Waals surface area contributed by atoms with Gasteiger partial charge in [-0.15, -0.1) is 0 Å². The average molecular weight is 415 g/mol. The molecule has 28 heavy (non-hydrogen) atoms. The number of rotatable bonds is 11. The van der Waals surface area contributed by atoms with Gasteiger partial charge in [0.2, 0.25) is 16.9 Å². The van der Waals surface area contributed by atoms with Crippen LogP contribution in [-0.2, 0) is 21.5 Å². The molecule has 0 bridgehead atoms. The van der Waals surface area contributed by atoms with E-state index < -0.39 is 34.2 Å². The maximum atomic E-state index is 12.3. The summed E-state index contributed by atoms with van der Waals surface area (Å²) in [4.78, 5) is 24.5. The maximum Gasteiger partial charge on any atom is 0.330 e. The fourth-order valence-corrected chi connectivity index (χ4v) is 3.68. The molecule has 0 amide bonds. The Morgan fingerprint density at radius 2 is 2.07 bits per heavy atom. The van der Waals surface area contributed by atoms with Crippen LogP contribution in [-0.4, -0.2) is 37.2 Å². The normalized spacial score (nSPS) is 12.6. The summed E-state index contributed by atoms with van der Waals surface area (Å²) in [5.41, 5.74) is -0.466. The number of H-pyrrole nitrogens is 1. The van der Waals surface area contributed by atoms with Crippen LogP contribution < -0.4 is 20.7 Å². The van der Waals surface area contributed by atoms with Gasteiger partial charge in [0.25, 0.3) is 5.56 Å². The molecule has 0 fully saturated rings. The van der Waals surface area contributed by atoms with Gasteiger partial charge in [0.15, 0.2) is 0 Å². The second-order valence-corrected chi connectivity index (χ2v) is 7.83. The number of aromatic amines is 1. The summed E-state index contributed by atoms with van der Waals surface area (Å²) in [6.07, 6.45) is 1.51. The molecule has 2 rings (SSSR count). The molecule has 0 saturated carbocycles.